The zero-order valence-electron chi connectivity index (χ0n) is 19.1. The molecule has 0 aliphatic carbocycles. The molecule has 1 aliphatic rings. The fourth-order valence-corrected chi connectivity index (χ4v) is 4.00. The van der Waals surface area contributed by atoms with Crippen molar-refractivity contribution in [3.8, 4) is 5.75 Å². The number of benzene rings is 2. The van der Waals surface area contributed by atoms with Gasteiger partial charge in [0.2, 0.25) is 0 Å². The summed E-state index contributed by atoms with van der Waals surface area (Å²) in [5, 5.41) is 0. The van der Waals surface area contributed by atoms with Gasteiger partial charge in [0.05, 0.1) is 25.0 Å². The molecule has 1 fully saturated rings. The standard InChI is InChI=1S/C26H33N3O2/c1-26(2,3)25-27-21(18-20-10-6-5-7-11-20)24(31-25)19-28-14-16-29(17-15-28)22-12-8-9-13-23(22)30-4/h5-13H,14-19H2,1-4H3. The van der Waals surface area contributed by atoms with Gasteiger partial charge in [-0.25, -0.2) is 4.98 Å². The minimum atomic E-state index is -0.105. The Morgan fingerprint density at radius 1 is 0.935 bits per heavy atom. The zero-order chi connectivity index (χ0) is 21.8. The molecule has 3 aromatic rings. The molecule has 164 valence electrons. The molecule has 2 aromatic carbocycles. The fourth-order valence-electron chi connectivity index (χ4n) is 4.00. The van der Waals surface area contributed by atoms with E-state index >= 15 is 0 Å². The summed E-state index contributed by atoms with van der Waals surface area (Å²) < 4.78 is 11.9. The van der Waals surface area contributed by atoms with E-state index in [1.165, 1.54) is 11.3 Å². The number of piperazine rings is 1. The predicted molar refractivity (Wildman–Crippen MR) is 125 cm³/mol. The molecule has 0 amide bonds. The van der Waals surface area contributed by atoms with Crippen molar-refractivity contribution in [1.82, 2.24) is 9.88 Å². The molecule has 4 rings (SSSR count). The summed E-state index contributed by atoms with van der Waals surface area (Å²) >= 11 is 0. The zero-order valence-corrected chi connectivity index (χ0v) is 19.1. The van der Waals surface area contributed by atoms with Gasteiger partial charge in [-0.3, -0.25) is 4.90 Å². The molecule has 31 heavy (non-hydrogen) atoms. The molecule has 1 saturated heterocycles. The van der Waals surface area contributed by atoms with E-state index in [1.807, 2.05) is 12.1 Å². The molecule has 0 spiro atoms. The van der Waals surface area contributed by atoms with E-state index in [0.29, 0.717) is 0 Å². The van der Waals surface area contributed by atoms with Crippen molar-refractivity contribution in [3.05, 3.63) is 77.5 Å². The molecule has 2 heterocycles. The Hall–Kier alpha value is -2.79. The van der Waals surface area contributed by atoms with Crippen LogP contribution in [0.2, 0.25) is 0 Å². The Morgan fingerprint density at radius 2 is 1.61 bits per heavy atom. The van der Waals surface area contributed by atoms with Crippen LogP contribution in [0.1, 0.15) is 43.7 Å². The summed E-state index contributed by atoms with van der Waals surface area (Å²) in [7, 11) is 1.74. The number of ether oxygens (including phenoxy) is 1. The van der Waals surface area contributed by atoms with E-state index in [9.17, 15) is 0 Å². The second kappa shape index (κ2) is 9.15. The molecule has 0 N–H and O–H groups in total. The van der Waals surface area contributed by atoms with E-state index in [0.717, 1.165) is 62.2 Å². The maximum atomic E-state index is 6.32. The van der Waals surface area contributed by atoms with Crippen LogP contribution >= 0.6 is 0 Å². The number of aromatic nitrogens is 1. The molecule has 1 aliphatic heterocycles. The topological polar surface area (TPSA) is 41.7 Å². The average Bonchev–Trinajstić information content (AvgIpc) is 3.18. The van der Waals surface area contributed by atoms with Crippen LogP contribution in [0.5, 0.6) is 5.75 Å². The average molecular weight is 420 g/mol. The van der Waals surface area contributed by atoms with Gasteiger partial charge in [-0.15, -0.1) is 0 Å². The van der Waals surface area contributed by atoms with Crippen molar-refractivity contribution in [2.75, 3.05) is 38.2 Å². The van der Waals surface area contributed by atoms with Gasteiger partial charge in [-0.2, -0.15) is 0 Å². The minimum Gasteiger partial charge on any atom is -0.495 e. The Kier molecular flexibility index (Phi) is 6.33. The molecule has 1 aromatic heterocycles. The van der Waals surface area contributed by atoms with Crippen molar-refractivity contribution >= 4 is 5.69 Å². The molecule has 0 atom stereocenters. The molecule has 0 radical (unpaired) electrons. The predicted octanol–water partition coefficient (Wildman–Crippen LogP) is 4.89. The highest BCUT2D eigenvalue weighted by Gasteiger charge is 2.26. The monoisotopic (exact) mass is 419 g/mol. The molecule has 5 heteroatoms. The van der Waals surface area contributed by atoms with E-state index in [-0.39, 0.29) is 5.41 Å². The van der Waals surface area contributed by atoms with Crippen LogP contribution in [0, 0.1) is 0 Å². The largest absolute Gasteiger partial charge is 0.495 e. The lowest BCUT2D eigenvalue weighted by Crippen LogP contribution is -2.46. The van der Waals surface area contributed by atoms with Gasteiger partial charge in [0.15, 0.2) is 5.89 Å². The second-order valence-corrected chi connectivity index (χ2v) is 9.24. The van der Waals surface area contributed by atoms with Crippen molar-refractivity contribution < 1.29 is 9.15 Å². The Bertz CT molecular complexity index is 983. The first-order valence-electron chi connectivity index (χ1n) is 11.1. The Morgan fingerprint density at radius 3 is 2.29 bits per heavy atom. The van der Waals surface area contributed by atoms with Crippen LogP contribution in [0.25, 0.3) is 0 Å². The van der Waals surface area contributed by atoms with Crippen molar-refractivity contribution in [1.29, 1.82) is 0 Å². The first-order chi connectivity index (χ1) is 14.9. The lowest BCUT2D eigenvalue weighted by molar-refractivity contribution is 0.223. The molecule has 0 bridgehead atoms. The number of hydrogen-bond acceptors (Lipinski definition) is 5. The van der Waals surface area contributed by atoms with Crippen LogP contribution in [-0.4, -0.2) is 43.2 Å². The van der Waals surface area contributed by atoms with Gasteiger partial charge in [0, 0.05) is 38.0 Å². The fraction of sp³-hybridized carbons (Fsp3) is 0.423. The van der Waals surface area contributed by atoms with Gasteiger partial charge in [-0.1, -0.05) is 63.2 Å². The highest BCUT2D eigenvalue weighted by atomic mass is 16.5. The number of rotatable bonds is 6. The Labute approximate surface area is 185 Å². The van der Waals surface area contributed by atoms with Gasteiger partial charge >= 0.3 is 0 Å². The lowest BCUT2D eigenvalue weighted by atomic mass is 9.97. The molecule has 5 nitrogen and oxygen atoms in total. The van der Waals surface area contributed by atoms with Gasteiger partial charge in [0.1, 0.15) is 11.5 Å². The van der Waals surface area contributed by atoms with E-state index in [1.54, 1.807) is 7.11 Å². The van der Waals surface area contributed by atoms with Crippen LogP contribution in [0.4, 0.5) is 5.69 Å². The number of para-hydroxylation sites is 2. The van der Waals surface area contributed by atoms with Crippen molar-refractivity contribution in [2.45, 2.75) is 39.2 Å². The summed E-state index contributed by atoms with van der Waals surface area (Å²) in [6.07, 6.45) is 0.803. The summed E-state index contributed by atoms with van der Waals surface area (Å²) in [6, 6.07) is 18.8. The number of hydrogen-bond donors (Lipinski definition) is 0. The molecular formula is C26H33N3O2. The number of anilines is 1. The summed E-state index contributed by atoms with van der Waals surface area (Å²) in [4.78, 5) is 9.78. The van der Waals surface area contributed by atoms with E-state index in [4.69, 9.17) is 14.1 Å². The maximum absolute atomic E-state index is 6.32. The van der Waals surface area contributed by atoms with Gasteiger partial charge in [-0.05, 0) is 17.7 Å². The second-order valence-electron chi connectivity index (χ2n) is 9.24. The molecular weight excluding hydrogens is 386 g/mol. The third-order valence-corrected chi connectivity index (χ3v) is 5.80. The van der Waals surface area contributed by atoms with Crippen LogP contribution in [0.3, 0.4) is 0 Å². The minimum absolute atomic E-state index is 0.105. The summed E-state index contributed by atoms with van der Waals surface area (Å²) in [6.45, 7) is 11.2. The summed E-state index contributed by atoms with van der Waals surface area (Å²) in [5.74, 6) is 2.76. The van der Waals surface area contributed by atoms with Crippen molar-refractivity contribution in [3.63, 3.8) is 0 Å². The van der Waals surface area contributed by atoms with Crippen LogP contribution < -0.4 is 9.64 Å². The van der Waals surface area contributed by atoms with Crippen LogP contribution in [-0.2, 0) is 18.4 Å². The highest BCUT2D eigenvalue weighted by Crippen LogP contribution is 2.30. The first kappa shape index (κ1) is 21.4. The summed E-state index contributed by atoms with van der Waals surface area (Å²) in [5.41, 5.74) is 3.39. The lowest BCUT2D eigenvalue weighted by Gasteiger charge is -2.36. The first-order valence-corrected chi connectivity index (χ1v) is 11.1. The number of methoxy groups -OCH3 is 1. The van der Waals surface area contributed by atoms with E-state index < -0.39 is 0 Å². The van der Waals surface area contributed by atoms with Crippen molar-refractivity contribution in [2.24, 2.45) is 0 Å². The van der Waals surface area contributed by atoms with Crippen LogP contribution in [0.15, 0.2) is 59.0 Å². The third kappa shape index (κ3) is 5.10. The van der Waals surface area contributed by atoms with E-state index in [2.05, 4.69) is 73.0 Å². The smallest absolute Gasteiger partial charge is 0.200 e. The molecule has 0 saturated carbocycles. The van der Waals surface area contributed by atoms with Gasteiger partial charge < -0.3 is 14.1 Å². The highest BCUT2D eigenvalue weighted by molar-refractivity contribution is 5.58. The molecule has 0 unspecified atom stereocenters. The van der Waals surface area contributed by atoms with Gasteiger partial charge in [0.25, 0.3) is 0 Å². The maximum Gasteiger partial charge on any atom is 0.200 e. The Balaban J connectivity index is 1.47. The quantitative estimate of drug-likeness (QED) is 0.569. The number of nitrogens with zero attached hydrogens (tertiary/aromatic N) is 3. The third-order valence-electron chi connectivity index (χ3n) is 5.80. The SMILES string of the molecule is COc1ccccc1N1CCN(Cc2oc(C(C)(C)C)nc2Cc2ccccc2)CC1. The number of oxazole rings is 1. The normalized spacial score (nSPS) is 15.3.